The van der Waals surface area contributed by atoms with Crippen LogP contribution < -0.4 is 11.2 Å². The van der Waals surface area contributed by atoms with Gasteiger partial charge in [0.05, 0.1) is 6.10 Å². The number of ether oxygens (including phenoxy) is 1. The molecule has 0 saturated carbocycles. The van der Waals surface area contributed by atoms with Crippen molar-refractivity contribution < 1.29 is 33.1 Å². The van der Waals surface area contributed by atoms with Crippen LogP contribution in [0.3, 0.4) is 0 Å². The fourth-order valence-corrected chi connectivity index (χ4v) is 2.31. The molecule has 1 aliphatic rings. The number of phosphoric acid groups is 1. The molecule has 21 heavy (non-hydrogen) atoms. The third-order valence-electron chi connectivity index (χ3n) is 2.79. The zero-order chi connectivity index (χ0) is 15.8. The lowest BCUT2D eigenvalue weighted by atomic mass is 10.2. The van der Waals surface area contributed by atoms with E-state index < -0.39 is 43.9 Å². The van der Waals surface area contributed by atoms with E-state index in [2.05, 4.69) is 4.52 Å². The average molecular weight is 326 g/mol. The molecule has 1 aromatic heterocycles. The van der Waals surface area contributed by atoms with Gasteiger partial charge in [-0.1, -0.05) is 0 Å². The van der Waals surface area contributed by atoms with E-state index in [9.17, 15) is 23.7 Å². The third kappa shape index (κ3) is 3.84. The number of phosphoric ester groups is 1. The molecule has 0 amide bonds. The molecule has 0 spiro atoms. The topological polar surface area (TPSA) is 151 Å². The van der Waals surface area contributed by atoms with Gasteiger partial charge < -0.3 is 19.6 Å². The fraction of sp³-hybridized carbons (Fsp3) is 0.556. The second-order valence-corrected chi connectivity index (χ2v) is 5.51. The first-order valence-corrected chi connectivity index (χ1v) is 7.23. The minimum atomic E-state index is -5.09. The third-order valence-corrected chi connectivity index (χ3v) is 3.27. The Kier molecular flexibility index (Phi) is 4.42. The van der Waals surface area contributed by atoms with Gasteiger partial charge in [-0.15, -0.1) is 0 Å². The van der Waals surface area contributed by atoms with E-state index in [1.54, 1.807) is 0 Å². The van der Waals surface area contributed by atoms with Crippen LogP contribution in [0.25, 0.3) is 0 Å². The molecule has 4 unspecified atom stereocenters. The van der Waals surface area contributed by atoms with Gasteiger partial charge in [0, 0.05) is 18.7 Å². The number of halogens is 1. The van der Waals surface area contributed by atoms with Crippen LogP contribution in [0, 0.1) is 0 Å². The Morgan fingerprint density at radius 2 is 2.19 bits per heavy atom. The molecule has 10 nitrogen and oxygen atoms in total. The summed E-state index contributed by atoms with van der Waals surface area (Å²) in [6.07, 6.45) is -5.94. The SMILES string of the molecule is O=c1ccn(C2CC(O)C(C(F)OP(=O)(O)O)O2)c(=O)[nH]1. The van der Waals surface area contributed by atoms with Gasteiger partial charge in [0.15, 0.2) is 0 Å². The predicted octanol–water partition coefficient (Wildman–Crippen LogP) is -1.41. The van der Waals surface area contributed by atoms with Crippen molar-refractivity contribution in [3.63, 3.8) is 0 Å². The fourth-order valence-electron chi connectivity index (χ4n) is 1.93. The van der Waals surface area contributed by atoms with Crippen molar-refractivity contribution in [1.29, 1.82) is 0 Å². The Labute approximate surface area is 116 Å². The van der Waals surface area contributed by atoms with Crippen molar-refractivity contribution in [2.24, 2.45) is 0 Å². The molecule has 1 aliphatic heterocycles. The number of aliphatic hydroxyl groups excluding tert-OH is 1. The maximum Gasteiger partial charge on any atom is 0.472 e. The summed E-state index contributed by atoms with van der Waals surface area (Å²) >= 11 is 0. The highest BCUT2D eigenvalue weighted by Crippen LogP contribution is 2.41. The van der Waals surface area contributed by atoms with Crippen molar-refractivity contribution in [1.82, 2.24) is 9.55 Å². The summed E-state index contributed by atoms with van der Waals surface area (Å²) in [6.45, 7) is 0. The number of rotatable bonds is 4. The summed E-state index contributed by atoms with van der Waals surface area (Å²) in [4.78, 5) is 41.4. The van der Waals surface area contributed by atoms with Gasteiger partial charge in [-0.25, -0.2) is 18.3 Å². The maximum atomic E-state index is 13.6. The molecule has 0 radical (unpaired) electrons. The monoisotopic (exact) mass is 326 g/mol. The van der Waals surface area contributed by atoms with Crippen LogP contribution >= 0.6 is 7.82 Å². The smallest absolute Gasteiger partial charge is 0.390 e. The first-order valence-electron chi connectivity index (χ1n) is 5.70. The molecule has 1 fully saturated rings. The Bertz CT molecular complexity index is 668. The number of aliphatic hydroxyl groups is 1. The van der Waals surface area contributed by atoms with Gasteiger partial charge in [-0.05, 0) is 0 Å². The average Bonchev–Trinajstić information content (AvgIpc) is 2.68. The second-order valence-electron chi connectivity index (χ2n) is 4.32. The molecule has 2 heterocycles. The predicted molar refractivity (Wildman–Crippen MR) is 63.9 cm³/mol. The zero-order valence-corrected chi connectivity index (χ0v) is 11.2. The van der Waals surface area contributed by atoms with Gasteiger partial charge in [0.25, 0.3) is 5.56 Å². The molecular weight excluding hydrogens is 314 g/mol. The van der Waals surface area contributed by atoms with Crippen molar-refractivity contribution >= 4 is 7.82 Å². The van der Waals surface area contributed by atoms with Gasteiger partial charge in [0.1, 0.15) is 12.3 Å². The zero-order valence-electron chi connectivity index (χ0n) is 10.3. The highest BCUT2D eigenvalue weighted by atomic mass is 31.2. The van der Waals surface area contributed by atoms with Crippen LogP contribution in [0.1, 0.15) is 12.6 Å². The summed E-state index contributed by atoms with van der Waals surface area (Å²) < 4.78 is 33.9. The lowest BCUT2D eigenvalue weighted by molar-refractivity contribution is -0.126. The molecule has 12 heteroatoms. The summed E-state index contributed by atoms with van der Waals surface area (Å²) in [5, 5.41) is 9.65. The van der Waals surface area contributed by atoms with Crippen molar-refractivity contribution in [3.8, 4) is 0 Å². The molecule has 0 aliphatic carbocycles. The van der Waals surface area contributed by atoms with E-state index in [0.717, 1.165) is 16.8 Å². The highest BCUT2D eigenvalue weighted by Gasteiger charge is 2.43. The molecule has 4 N–H and O–H groups in total. The molecule has 4 atom stereocenters. The first-order chi connectivity index (χ1) is 9.67. The standard InChI is InChI=1S/C9H12FN2O8P/c10-8(20-21(16,17)18)7-4(13)3-6(19-7)12-2-1-5(14)11-9(12)15/h1-2,4,6-8,13H,3H2,(H,11,14,15)(H2,16,17,18). The minimum Gasteiger partial charge on any atom is -0.390 e. The minimum absolute atomic E-state index is 0.221. The number of hydrogen-bond donors (Lipinski definition) is 4. The summed E-state index contributed by atoms with van der Waals surface area (Å²) in [5.41, 5.74) is -1.47. The van der Waals surface area contributed by atoms with Gasteiger partial charge in [0.2, 0.25) is 6.36 Å². The summed E-state index contributed by atoms with van der Waals surface area (Å²) in [7, 11) is -5.09. The molecular formula is C9H12FN2O8P. The normalized spacial score (nSPS) is 27.7. The quantitative estimate of drug-likeness (QED) is 0.493. The van der Waals surface area contributed by atoms with Crippen molar-refractivity contribution in [3.05, 3.63) is 33.1 Å². The number of nitrogens with one attached hydrogen (secondary N) is 1. The van der Waals surface area contributed by atoms with Crippen LogP contribution in [-0.2, 0) is 13.8 Å². The lowest BCUT2D eigenvalue weighted by Crippen LogP contribution is -2.34. The van der Waals surface area contributed by atoms with E-state index in [4.69, 9.17) is 14.5 Å². The number of alkyl halides is 1. The Morgan fingerprint density at radius 1 is 1.52 bits per heavy atom. The Hall–Kier alpha value is -1.36. The molecule has 0 bridgehead atoms. The first kappa shape index (κ1) is 16.0. The molecule has 118 valence electrons. The van der Waals surface area contributed by atoms with Crippen molar-refractivity contribution in [2.45, 2.75) is 31.2 Å². The number of H-pyrrole nitrogens is 1. The highest BCUT2D eigenvalue weighted by molar-refractivity contribution is 7.46. The van der Waals surface area contributed by atoms with Gasteiger partial charge in [-0.3, -0.25) is 14.3 Å². The molecule has 1 aromatic rings. The number of aromatic nitrogens is 2. The van der Waals surface area contributed by atoms with Crippen LogP contribution in [-0.4, -0.2) is 43.0 Å². The van der Waals surface area contributed by atoms with E-state index in [1.807, 2.05) is 4.98 Å². The van der Waals surface area contributed by atoms with E-state index in [1.165, 1.54) is 0 Å². The maximum absolute atomic E-state index is 13.6. The van der Waals surface area contributed by atoms with Gasteiger partial charge in [-0.2, -0.15) is 0 Å². The van der Waals surface area contributed by atoms with Crippen LogP contribution in [0.15, 0.2) is 21.9 Å². The van der Waals surface area contributed by atoms with Gasteiger partial charge >= 0.3 is 13.5 Å². The molecule has 2 rings (SSSR count). The van der Waals surface area contributed by atoms with E-state index in [-0.39, 0.29) is 6.42 Å². The Balaban J connectivity index is 2.15. The molecule has 0 aromatic carbocycles. The summed E-state index contributed by atoms with van der Waals surface area (Å²) in [5.74, 6) is 0. The largest absolute Gasteiger partial charge is 0.472 e. The second kappa shape index (κ2) is 5.79. The van der Waals surface area contributed by atoms with Crippen LogP contribution in [0.2, 0.25) is 0 Å². The van der Waals surface area contributed by atoms with E-state index >= 15 is 0 Å². The van der Waals surface area contributed by atoms with Crippen LogP contribution in [0.4, 0.5) is 4.39 Å². The van der Waals surface area contributed by atoms with Crippen LogP contribution in [0.5, 0.6) is 0 Å². The Morgan fingerprint density at radius 3 is 2.76 bits per heavy atom. The number of nitrogens with zero attached hydrogens (tertiary/aromatic N) is 1. The van der Waals surface area contributed by atoms with E-state index in [0.29, 0.717) is 0 Å². The summed E-state index contributed by atoms with van der Waals surface area (Å²) in [6, 6.07) is 1.03. The molecule has 1 saturated heterocycles. The number of hydrogen-bond acceptors (Lipinski definition) is 6. The lowest BCUT2D eigenvalue weighted by Gasteiger charge is -2.19. The van der Waals surface area contributed by atoms with Crippen molar-refractivity contribution in [2.75, 3.05) is 0 Å². The number of aromatic amines is 1.